The van der Waals surface area contributed by atoms with Crippen LogP contribution in [0.5, 0.6) is 0 Å². The van der Waals surface area contributed by atoms with Gasteiger partial charge in [-0.25, -0.2) is 0 Å². The Labute approximate surface area is 88.8 Å². The predicted molar refractivity (Wildman–Crippen MR) is 62.5 cm³/mol. The van der Waals surface area contributed by atoms with Gasteiger partial charge in [-0.2, -0.15) is 0 Å². The highest BCUT2D eigenvalue weighted by molar-refractivity contribution is 4.80. The summed E-state index contributed by atoms with van der Waals surface area (Å²) in [5.74, 6) is 1.60. The fourth-order valence-electron chi connectivity index (χ4n) is 1.37. The summed E-state index contributed by atoms with van der Waals surface area (Å²) in [6.45, 7) is 10.4. The van der Waals surface area contributed by atoms with Crippen LogP contribution in [0.15, 0.2) is 0 Å². The highest BCUT2D eigenvalue weighted by atomic mass is 14.9. The summed E-state index contributed by atoms with van der Waals surface area (Å²) < 4.78 is 0. The Morgan fingerprint density at radius 1 is 1.14 bits per heavy atom. The average molecular weight is 198 g/mol. The molecule has 14 heavy (non-hydrogen) atoms. The molecule has 0 aliphatic heterocycles. The Morgan fingerprint density at radius 3 is 2.43 bits per heavy atom. The molecule has 1 rings (SSSR count). The third kappa shape index (κ3) is 5.61. The van der Waals surface area contributed by atoms with Gasteiger partial charge in [-0.3, -0.25) is 0 Å². The van der Waals surface area contributed by atoms with Crippen molar-refractivity contribution in [3.8, 4) is 0 Å². The van der Waals surface area contributed by atoms with Gasteiger partial charge in [0.2, 0.25) is 0 Å². The molecular weight excluding hydrogens is 172 g/mol. The van der Waals surface area contributed by atoms with E-state index in [4.69, 9.17) is 0 Å². The van der Waals surface area contributed by atoms with Gasteiger partial charge in [0.15, 0.2) is 0 Å². The smallest absolute Gasteiger partial charge is 0.00682 e. The maximum atomic E-state index is 3.53. The van der Waals surface area contributed by atoms with Gasteiger partial charge in [0.05, 0.1) is 0 Å². The minimum absolute atomic E-state index is 0.798. The Kier molecular flexibility index (Phi) is 5.49. The van der Waals surface area contributed by atoms with Crippen molar-refractivity contribution in [3.05, 3.63) is 0 Å². The predicted octanol–water partition coefficient (Wildman–Crippen LogP) is 2.01. The van der Waals surface area contributed by atoms with E-state index in [1.165, 1.54) is 32.4 Å². The molecule has 0 bridgehead atoms. The van der Waals surface area contributed by atoms with E-state index in [2.05, 4.69) is 31.4 Å². The standard InChI is InChI=1S/C12H26N2/c1-10(2)11(3)9-13-7-4-8-14-12-5-6-12/h10-14H,4-9H2,1-3H3. The molecule has 1 unspecified atom stereocenters. The highest BCUT2D eigenvalue weighted by Crippen LogP contribution is 2.18. The van der Waals surface area contributed by atoms with Crippen LogP contribution in [-0.4, -0.2) is 25.7 Å². The second kappa shape index (κ2) is 6.41. The fourth-order valence-corrected chi connectivity index (χ4v) is 1.37. The van der Waals surface area contributed by atoms with Gasteiger partial charge in [0, 0.05) is 6.04 Å². The van der Waals surface area contributed by atoms with Gasteiger partial charge in [-0.15, -0.1) is 0 Å². The summed E-state index contributed by atoms with van der Waals surface area (Å²) in [5.41, 5.74) is 0. The second-order valence-electron chi connectivity index (χ2n) is 5.01. The first-order valence-electron chi connectivity index (χ1n) is 6.14. The molecule has 84 valence electrons. The van der Waals surface area contributed by atoms with Crippen LogP contribution in [0.4, 0.5) is 0 Å². The van der Waals surface area contributed by atoms with Crippen molar-refractivity contribution < 1.29 is 0 Å². The van der Waals surface area contributed by atoms with Crippen LogP contribution in [-0.2, 0) is 0 Å². The lowest BCUT2D eigenvalue weighted by Crippen LogP contribution is -2.27. The fraction of sp³-hybridized carbons (Fsp3) is 1.00. The molecule has 1 fully saturated rings. The molecule has 0 aromatic carbocycles. The average Bonchev–Trinajstić information content (AvgIpc) is 2.94. The number of rotatable bonds is 8. The zero-order valence-corrected chi connectivity index (χ0v) is 9.97. The number of hydrogen-bond donors (Lipinski definition) is 2. The molecule has 0 aromatic heterocycles. The molecule has 0 saturated heterocycles. The minimum atomic E-state index is 0.798. The molecule has 0 radical (unpaired) electrons. The SMILES string of the molecule is CC(C)C(C)CNCCCNC1CC1. The largest absolute Gasteiger partial charge is 0.316 e. The van der Waals surface area contributed by atoms with E-state index in [1.54, 1.807) is 0 Å². The Balaban J connectivity index is 1.78. The van der Waals surface area contributed by atoms with Crippen LogP contribution >= 0.6 is 0 Å². The second-order valence-corrected chi connectivity index (χ2v) is 5.01. The van der Waals surface area contributed by atoms with E-state index < -0.39 is 0 Å². The van der Waals surface area contributed by atoms with Gasteiger partial charge < -0.3 is 10.6 Å². The molecule has 1 atom stereocenters. The number of nitrogens with one attached hydrogen (secondary N) is 2. The lowest BCUT2D eigenvalue weighted by molar-refractivity contribution is 0.391. The van der Waals surface area contributed by atoms with E-state index in [-0.39, 0.29) is 0 Å². The van der Waals surface area contributed by atoms with Gasteiger partial charge >= 0.3 is 0 Å². The van der Waals surface area contributed by atoms with Crippen LogP contribution in [0.3, 0.4) is 0 Å². The van der Waals surface area contributed by atoms with E-state index in [0.29, 0.717) is 0 Å². The first-order valence-corrected chi connectivity index (χ1v) is 6.14. The topological polar surface area (TPSA) is 24.1 Å². The normalized spacial score (nSPS) is 18.9. The summed E-state index contributed by atoms with van der Waals surface area (Å²) in [5, 5.41) is 7.05. The maximum Gasteiger partial charge on any atom is 0.00682 e. The van der Waals surface area contributed by atoms with Crippen LogP contribution in [0, 0.1) is 11.8 Å². The van der Waals surface area contributed by atoms with Crippen molar-refractivity contribution >= 4 is 0 Å². The third-order valence-corrected chi connectivity index (χ3v) is 3.15. The Hall–Kier alpha value is -0.0800. The molecule has 0 heterocycles. The van der Waals surface area contributed by atoms with Crippen molar-refractivity contribution in [2.24, 2.45) is 11.8 Å². The molecule has 0 aromatic rings. The molecule has 0 spiro atoms. The van der Waals surface area contributed by atoms with Crippen molar-refractivity contribution in [1.29, 1.82) is 0 Å². The molecule has 1 saturated carbocycles. The van der Waals surface area contributed by atoms with Crippen molar-refractivity contribution in [3.63, 3.8) is 0 Å². The van der Waals surface area contributed by atoms with Crippen molar-refractivity contribution in [1.82, 2.24) is 10.6 Å². The molecule has 2 N–H and O–H groups in total. The Bertz CT molecular complexity index is 141. The minimum Gasteiger partial charge on any atom is -0.316 e. The van der Waals surface area contributed by atoms with Gasteiger partial charge in [-0.05, 0) is 50.7 Å². The van der Waals surface area contributed by atoms with Crippen molar-refractivity contribution in [2.75, 3.05) is 19.6 Å². The van der Waals surface area contributed by atoms with Crippen LogP contribution in [0.1, 0.15) is 40.0 Å². The zero-order chi connectivity index (χ0) is 10.4. The van der Waals surface area contributed by atoms with Crippen LogP contribution in [0.2, 0.25) is 0 Å². The summed E-state index contributed by atoms with van der Waals surface area (Å²) in [6.07, 6.45) is 4.07. The molecule has 0 amide bonds. The maximum absolute atomic E-state index is 3.53. The summed E-state index contributed by atoms with van der Waals surface area (Å²) >= 11 is 0. The molecule has 1 aliphatic carbocycles. The first kappa shape index (κ1) is 12.0. The summed E-state index contributed by atoms with van der Waals surface area (Å²) in [6, 6.07) is 0.865. The number of hydrogen-bond acceptors (Lipinski definition) is 2. The lowest BCUT2D eigenvalue weighted by atomic mass is 9.98. The quantitative estimate of drug-likeness (QED) is 0.583. The van der Waals surface area contributed by atoms with Crippen molar-refractivity contribution in [2.45, 2.75) is 46.1 Å². The van der Waals surface area contributed by atoms with E-state index in [1.807, 2.05) is 0 Å². The third-order valence-electron chi connectivity index (χ3n) is 3.15. The highest BCUT2D eigenvalue weighted by Gasteiger charge is 2.19. The first-order chi connectivity index (χ1) is 6.70. The molecule has 1 aliphatic rings. The monoisotopic (exact) mass is 198 g/mol. The van der Waals surface area contributed by atoms with E-state index in [9.17, 15) is 0 Å². The van der Waals surface area contributed by atoms with Crippen LogP contribution < -0.4 is 10.6 Å². The lowest BCUT2D eigenvalue weighted by Gasteiger charge is -2.16. The van der Waals surface area contributed by atoms with Crippen LogP contribution in [0.25, 0.3) is 0 Å². The summed E-state index contributed by atoms with van der Waals surface area (Å²) in [7, 11) is 0. The molecule has 2 heteroatoms. The molecular formula is C12H26N2. The Morgan fingerprint density at radius 2 is 1.86 bits per heavy atom. The molecule has 2 nitrogen and oxygen atoms in total. The van der Waals surface area contributed by atoms with Gasteiger partial charge in [0.1, 0.15) is 0 Å². The summed E-state index contributed by atoms with van der Waals surface area (Å²) in [4.78, 5) is 0. The van der Waals surface area contributed by atoms with Gasteiger partial charge in [0.25, 0.3) is 0 Å². The van der Waals surface area contributed by atoms with Gasteiger partial charge in [-0.1, -0.05) is 20.8 Å². The zero-order valence-electron chi connectivity index (χ0n) is 9.97. The van der Waals surface area contributed by atoms with E-state index in [0.717, 1.165) is 24.4 Å². The van der Waals surface area contributed by atoms with E-state index >= 15 is 0 Å².